The Morgan fingerprint density at radius 2 is 1.78 bits per heavy atom. The van der Waals surface area contributed by atoms with E-state index in [-0.39, 0.29) is 11.8 Å². The Bertz CT molecular complexity index is 906. The molecule has 27 heavy (non-hydrogen) atoms. The Kier molecular flexibility index (Phi) is 6.00. The van der Waals surface area contributed by atoms with Gasteiger partial charge >= 0.3 is 0 Å². The van der Waals surface area contributed by atoms with Gasteiger partial charge in [-0.25, -0.2) is 0 Å². The van der Waals surface area contributed by atoms with Gasteiger partial charge in [-0.2, -0.15) is 0 Å². The predicted molar refractivity (Wildman–Crippen MR) is 113 cm³/mol. The van der Waals surface area contributed by atoms with Crippen molar-refractivity contribution in [1.82, 2.24) is 9.88 Å². The van der Waals surface area contributed by atoms with Crippen molar-refractivity contribution in [3.05, 3.63) is 71.4 Å². The van der Waals surface area contributed by atoms with Gasteiger partial charge in [-0.1, -0.05) is 61.9 Å². The van der Waals surface area contributed by atoms with E-state index in [0.29, 0.717) is 12.3 Å². The van der Waals surface area contributed by atoms with Crippen molar-refractivity contribution in [3.63, 3.8) is 0 Å². The fourth-order valence-corrected chi connectivity index (χ4v) is 3.60. The maximum atomic E-state index is 12.7. The van der Waals surface area contributed by atoms with E-state index in [4.69, 9.17) is 0 Å². The van der Waals surface area contributed by atoms with Crippen molar-refractivity contribution in [2.24, 2.45) is 5.92 Å². The summed E-state index contributed by atoms with van der Waals surface area (Å²) in [7, 11) is 0. The summed E-state index contributed by atoms with van der Waals surface area (Å²) in [6, 6.07) is 17.1. The van der Waals surface area contributed by atoms with Gasteiger partial charge in [0, 0.05) is 42.5 Å². The molecule has 1 N–H and O–H groups in total. The van der Waals surface area contributed by atoms with Crippen LogP contribution in [0.3, 0.4) is 0 Å². The number of aryl methyl sites for hydroxylation is 2. The van der Waals surface area contributed by atoms with E-state index < -0.39 is 0 Å². The molecule has 0 saturated heterocycles. The first-order valence-electron chi connectivity index (χ1n) is 9.90. The molecule has 3 rings (SSSR count). The molecule has 3 nitrogen and oxygen atoms in total. The standard InChI is InChI=1S/C24H30N2O/c1-5-26-16-22(20-8-6-7-9-23(20)26)21(14-24(27)25-15-17(2)3)19-12-10-18(4)11-13-19/h6-13,16-17,21H,5,14-15H2,1-4H3,(H,25,27). The fraction of sp³-hybridized carbons (Fsp3) is 0.375. The Balaban J connectivity index is 2.02. The van der Waals surface area contributed by atoms with Crippen LogP contribution < -0.4 is 5.32 Å². The average molecular weight is 363 g/mol. The summed E-state index contributed by atoms with van der Waals surface area (Å²) in [6.45, 7) is 10.1. The number of carbonyl (C=O) groups excluding carboxylic acids is 1. The van der Waals surface area contributed by atoms with Crippen LogP contribution in [0, 0.1) is 12.8 Å². The summed E-state index contributed by atoms with van der Waals surface area (Å²) in [5, 5.41) is 4.32. The molecule has 3 aromatic rings. The fourth-order valence-electron chi connectivity index (χ4n) is 3.60. The number of nitrogens with zero attached hydrogens (tertiary/aromatic N) is 1. The van der Waals surface area contributed by atoms with Crippen molar-refractivity contribution in [3.8, 4) is 0 Å². The van der Waals surface area contributed by atoms with Gasteiger partial charge in [0.15, 0.2) is 0 Å². The van der Waals surface area contributed by atoms with Gasteiger partial charge in [-0.3, -0.25) is 4.79 Å². The van der Waals surface area contributed by atoms with E-state index in [1.165, 1.54) is 27.6 Å². The number of benzene rings is 2. The predicted octanol–water partition coefficient (Wildman–Crippen LogP) is 5.26. The first kappa shape index (κ1) is 19.2. The van der Waals surface area contributed by atoms with Gasteiger partial charge in [0.2, 0.25) is 5.91 Å². The van der Waals surface area contributed by atoms with E-state index in [9.17, 15) is 4.79 Å². The Morgan fingerprint density at radius 1 is 1.07 bits per heavy atom. The minimum atomic E-state index is 0.0514. The van der Waals surface area contributed by atoms with Crippen LogP contribution in [0.1, 0.15) is 49.8 Å². The van der Waals surface area contributed by atoms with Gasteiger partial charge in [0.05, 0.1) is 0 Å². The lowest BCUT2D eigenvalue weighted by molar-refractivity contribution is -0.121. The highest BCUT2D eigenvalue weighted by atomic mass is 16.1. The number of fused-ring (bicyclic) bond motifs is 1. The largest absolute Gasteiger partial charge is 0.356 e. The van der Waals surface area contributed by atoms with Crippen LogP contribution in [-0.2, 0) is 11.3 Å². The van der Waals surface area contributed by atoms with Crippen LogP contribution in [0.2, 0.25) is 0 Å². The number of hydrogen-bond acceptors (Lipinski definition) is 1. The molecule has 0 radical (unpaired) electrons. The van der Waals surface area contributed by atoms with Gasteiger partial charge < -0.3 is 9.88 Å². The molecule has 1 heterocycles. The van der Waals surface area contributed by atoms with Crippen LogP contribution >= 0.6 is 0 Å². The number of amides is 1. The van der Waals surface area contributed by atoms with Crippen molar-refractivity contribution >= 4 is 16.8 Å². The molecule has 0 spiro atoms. The summed E-state index contributed by atoms with van der Waals surface area (Å²) in [6.07, 6.45) is 2.69. The molecule has 3 heteroatoms. The molecule has 0 aliphatic carbocycles. The third kappa shape index (κ3) is 4.41. The third-order valence-electron chi connectivity index (χ3n) is 5.11. The van der Waals surface area contributed by atoms with Crippen molar-refractivity contribution in [2.75, 3.05) is 6.54 Å². The molecular formula is C24H30N2O. The third-order valence-corrected chi connectivity index (χ3v) is 5.11. The summed E-state index contributed by atoms with van der Waals surface area (Å²) in [4.78, 5) is 12.7. The molecule has 0 bridgehead atoms. The minimum Gasteiger partial charge on any atom is -0.356 e. The van der Waals surface area contributed by atoms with Crippen molar-refractivity contribution in [1.29, 1.82) is 0 Å². The Labute approximate surface area is 162 Å². The van der Waals surface area contributed by atoms with Crippen LogP contribution in [-0.4, -0.2) is 17.0 Å². The zero-order chi connectivity index (χ0) is 19.4. The minimum absolute atomic E-state index is 0.0514. The molecule has 1 unspecified atom stereocenters. The number of carbonyl (C=O) groups is 1. The second kappa shape index (κ2) is 8.43. The topological polar surface area (TPSA) is 34.0 Å². The normalized spacial score (nSPS) is 12.5. The van der Waals surface area contributed by atoms with Crippen LogP contribution in [0.25, 0.3) is 10.9 Å². The first-order chi connectivity index (χ1) is 13.0. The van der Waals surface area contributed by atoms with E-state index >= 15 is 0 Å². The molecular weight excluding hydrogens is 332 g/mol. The molecule has 0 saturated carbocycles. The van der Waals surface area contributed by atoms with Crippen LogP contribution in [0.15, 0.2) is 54.7 Å². The molecule has 1 atom stereocenters. The maximum Gasteiger partial charge on any atom is 0.220 e. The van der Waals surface area contributed by atoms with Crippen molar-refractivity contribution < 1.29 is 4.79 Å². The van der Waals surface area contributed by atoms with Gasteiger partial charge in [-0.05, 0) is 37.0 Å². The lowest BCUT2D eigenvalue weighted by Crippen LogP contribution is -2.28. The van der Waals surface area contributed by atoms with Gasteiger partial charge in [-0.15, -0.1) is 0 Å². The first-order valence-corrected chi connectivity index (χ1v) is 9.90. The summed E-state index contributed by atoms with van der Waals surface area (Å²) in [5.41, 5.74) is 4.89. The molecule has 2 aromatic carbocycles. The zero-order valence-corrected chi connectivity index (χ0v) is 16.8. The zero-order valence-electron chi connectivity index (χ0n) is 16.8. The van der Waals surface area contributed by atoms with E-state index in [0.717, 1.165) is 13.1 Å². The van der Waals surface area contributed by atoms with Gasteiger partial charge in [0.1, 0.15) is 0 Å². The SMILES string of the molecule is CCn1cc(C(CC(=O)NCC(C)C)c2ccc(C)cc2)c2ccccc21. The summed E-state index contributed by atoms with van der Waals surface area (Å²) in [5.74, 6) is 0.617. The number of hydrogen-bond donors (Lipinski definition) is 1. The lowest BCUT2D eigenvalue weighted by Gasteiger charge is -2.18. The highest BCUT2D eigenvalue weighted by Crippen LogP contribution is 2.35. The highest BCUT2D eigenvalue weighted by Gasteiger charge is 2.22. The van der Waals surface area contributed by atoms with E-state index in [1.807, 2.05) is 0 Å². The van der Waals surface area contributed by atoms with E-state index in [2.05, 4.69) is 92.3 Å². The number of rotatable bonds is 7. The summed E-state index contributed by atoms with van der Waals surface area (Å²) < 4.78 is 2.28. The molecule has 0 aliphatic heterocycles. The molecule has 142 valence electrons. The second-order valence-electron chi connectivity index (χ2n) is 7.75. The number of aromatic nitrogens is 1. The molecule has 1 amide bonds. The highest BCUT2D eigenvalue weighted by molar-refractivity contribution is 5.86. The number of nitrogens with one attached hydrogen (secondary N) is 1. The molecule has 0 aliphatic rings. The quantitative estimate of drug-likeness (QED) is 0.611. The molecule has 0 fully saturated rings. The smallest absolute Gasteiger partial charge is 0.220 e. The molecule has 1 aromatic heterocycles. The van der Waals surface area contributed by atoms with Crippen molar-refractivity contribution in [2.45, 2.75) is 46.6 Å². The van der Waals surface area contributed by atoms with E-state index in [1.54, 1.807) is 0 Å². The van der Waals surface area contributed by atoms with Crippen LogP contribution in [0.4, 0.5) is 0 Å². The van der Waals surface area contributed by atoms with Gasteiger partial charge in [0.25, 0.3) is 0 Å². The van der Waals surface area contributed by atoms with Crippen LogP contribution in [0.5, 0.6) is 0 Å². The summed E-state index contributed by atoms with van der Waals surface area (Å²) >= 11 is 0. The Morgan fingerprint density at radius 3 is 2.44 bits per heavy atom. The second-order valence-corrected chi connectivity index (χ2v) is 7.75. The maximum absolute atomic E-state index is 12.7. The number of para-hydroxylation sites is 1. The Hall–Kier alpha value is -2.55. The monoisotopic (exact) mass is 362 g/mol. The lowest BCUT2D eigenvalue weighted by atomic mass is 9.87. The average Bonchev–Trinajstić information content (AvgIpc) is 3.04.